The van der Waals surface area contributed by atoms with E-state index in [1.54, 1.807) is 19.1 Å². The fourth-order valence-electron chi connectivity index (χ4n) is 2.51. The second-order valence-electron chi connectivity index (χ2n) is 5.36. The Kier molecular flexibility index (Phi) is 4.77. The second kappa shape index (κ2) is 6.35. The van der Waals surface area contributed by atoms with Gasteiger partial charge < -0.3 is 14.9 Å². The first-order valence-electron chi connectivity index (χ1n) is 6.99. The first-order valence-corrected chi connectivity index (χ1v) is 6.99. The summed E-state index contributed by atoms with van der Waals surface area (Å²) in [5, 5.41) is 9.44. The Morgan fingerprint density at radius 2 is 2.05 bits per heavy atom. The van der Waals surface area contributed by atoms with Crippen molar-refractivity contribution < 1.29 is 9.50 Å². The first kappa shape index (κ1) is 14.3. The number of hydrogen-bond donors (Lipinski definition) is 1. The maximum atomic E-state index is 14.0. The van der Waals surface area contributed by atoms with Crippen LogP contribution in [0.3, 0.4) is 0 Å². The molecule has 4 heteroatoms. The summed E-state index contributed by atoms with van der Waals surface area (Å²) in [5.74, 6) is -0.262. The lowest BCUT2D eigenvalue weighted by Crippen LogP contribution is -2.31. The fourth-order valence-corrected chi connectivity index (χ4v) is 2.51. The summed E-state index contributed by atoms with van der Waals surface area (Å²) in [5.41, 5.74) is 1.22. The normalized spacial score (nSPS) is 17.7. The van der Waals surface area contributed by atoms with Gasteiger partial charge in [-0.25, -0.2) is 4.39 Å². The Hall–Kier alpha value is -1.13. The Labute approximate surface area is 114 Å². The van der Waals surface area contributed by atoms with Crippen LogP contribution in [0.4, 0.5) is 10.1 Å². The van der Waals surface area contributed by atoms with Gasteiger partial charge in [-0.15, -0.1) is 0 Å². The van der Waals surface area contributed by atoms with Crippen molar-refractivity contribution in [1.82, 2.24) is 4.90 Å². The standard InChI is InChI=1S/C15H23FN2O/c1-12(19)13-5-6-15(14(16)11-13)17(2)9-10-18-7-3-4-8-18/h5-6,11-12,19H,3-4,7-10H2,1-2H3. The molecule has 106 valence electrons. The molecule has 1 aliphatic heterocycles. The smallest absolute Gasteiger partial charge is 0.146 e. The van der Waals surface area contributed by atoms with E-state index in [1.165, 1.54) is 18.9 Å². The number of halogens is 1. The van der Waals surface area contributed by atoms with Crippen LogP contribution in [0.5, 0.6) is 0 Å². The summed E-state index contributed by atoms with van der Waals surface area (Å²) in [6.45, 7) is 5.78. The van der Waals surface area contributed by atoms with Crippen molar-refractivity contribution in [2.75, 3.05) is 38.1 Å². The van der Waals surface area contributed by atoms with Gasteiger partial charge in [0.25, 0.3) is 0 Å². The van der Waals surface area contributed by atoms with Gasteiger partial charge in [0, 0.05) is 20.1 Å². The lowest BCUT2D eigenvalue weighted by Gasteiger charge is -2.24. The summed E-state index contributed by atoms with van der Waals surface area (Å²) in [6, 6.07) is 4.96. The summed E-state index contributed by atoms with van der Waals surface area (Å²) >= 11 is 0. The number of likely N-dealkylation sites (tertiary alicyclic amines) is 1. The van der Waals surface area contributed by atoms with E-state index in [0.717, 1.165) is 26.2 Å². The number of likely N-dealkylation sites (N-methyl/N-ethyl adjacent to an activating group) is 1. The van der Waals surface area contributed by atoms with Crippen LogP contribution in [0.1, 0.15) is 31.4 Å². The van der Waals surface area contributed by atoms with Crippen LogP contribution in [0.25, 0.3) is 0 Å². The number of aliphatic hydroxyl groups excluding tert-OH is 1. The Morgan fingerprint density at radius 3 is 2.63 bits per heavy atom. The third-order valence-electron chi connectivity index (χ3n) is 3.82. The van der Waals surface area contributed by atoms with Crippen molar-refractivity contribution in [3.05, 3.63) is 29.6 Å². The molecule has 1 unspecified atom stereocenters. The lowest BCUT2D eigenvalue weighted by molar-refractivity contribution is 0.199. The van der Waals surface area contributed by atoms with Gasteiger partial charge in [0.2, 0.25) is 0 Å². The molecule has 0 aromatic heterocycles. The molecule has 1 aliphatic rings. The zero-order valence-electron chi connectivity index (χ0n) is 11.8. The van der Waals surface area contributed by atoms with Crippen molar-refractivity contribution in [3.63, 3.8) is 0 Å². The molecule has 2 rings (SSSR count). The molecule has 0 amide bonds. The van der Waals surface area contributed by atoms with Crippen LogP contribution >= 0.6 is 0 Å². The van der Waals surface area contributed by atoms with Gasteiger partial charge in [0.15, 0.2) is 0 Å². The largest absolute Gasteiger partial charge is 0.389 e. The van der Waals surface area contributed by atoms with Gasteiger partial charge in [0.1, 0.15) is 5.82 Å². The first-order chi connectivity index (χ1) is 9.08. The van der Waals surface area contributed by atoms with Gasteiger partial charge in [-0.3, -0.25) is 0 Å². The molecule has 0 aliphatic carbocycles. The predicted octanol–water partition coefficient (Wildman–Crippen LogP) is 2.41. The quantitative estimate of drug-likeness (QED) is 0.886. The Morgan fingerprint density at radius 1 is 1.37 bits per heavy atom. The molecular weight excluding hydrogens is 243 g/mol. The summed E-state index contributed by atoms with van der Waals surface area (Å²) in [7, 11) is 1.91. The maximum absolute atomic E-state index is 14.0. The zero-order chi connectivity index (χ0) is 13.8. The zero-order valence-corrected chi connectivity index (χ0v) is 11.8. The van der Waals surface area contributed by atoms with Gasteiger partial charge in [-0.05, 0) is 50.6 Å². The third kappa shape index (κ3) is 3.67. The molecule has 1 atom stereocenters. The number of nitrogens with zero attached hydrogens (tertiary/aromatic N) is 2. The van der Waals surface area contributed by atoms with E-state index in [2.05, 4.69) is 4.90 Å². The average Bonchev–Trinajstić information content (AvgIpc) is 2.88. The fraction of sp³-hybridized carbons (Fsp3) is 0.600. The van der Waals surface area contributed by atoms with Crippen molar-refractivity contribution >= 4 is 5.69 Å². The summed E-state index contributed by atoms with van der Waals surface area (Å²) < 4.78 is 14.0. The molecule has 3 nitrogen and oxygen atoms in total. The van der Waals surface area contributed by atoms with Crippen molar-refractivity contribution in [1.29, 1.82) is 0 Å². The van der Waals surface area contributed by atoms with Crippen molar-refractivity contribution in [3.8, 4) is 0 Å². The molecule has 1 saturated heterocycles. The van der Waals surface area contributed by atoms with E-state index >= 15 is 0 Å². The molecule has 1 fully saturated rings. The second-order valence-corrected chi connectivity index (χ2v) is 5.36. The molecule has 1 aromatic carbocycles. The molecule has 0 bridgehead atoms. The van der Waals surface area contributed by atoms with Crippen LogP contribution < -0.4 is 4.90 Å². The van der Waals surface area contributed by atoms with Crippen LogP contribution in [0.2, 0.25) is 0 Å². The highest BCUT2D eigenvalue weighted by Gasteiger charge is 2.14. The van der Waals surface area contributed by atoms with E-state index in [9.17, 15) is 9.50 Å². The number of benzene rings is 1. The highest BCUT2D eigenvalue weighted by atomic mass is 19.1. The minimum atomic E-state index is -0.626. The van der Waals surface area contributed by atoms with Crippen molar-refractivity contribution in [2.24, 2.45) is 0 Å². The summed E-state index contributed by atoms with van der Waals surface area (Å²) in [4.78, 5) is 4.36. The average molecular weight is 266 g/mol. The molecular formula is C15H23FN2O. The highest BCUT2D eigenvalue weighted by Crippen LogP contribution is 2.22. The molecule has 0 radical (unpaired) electrons. The van der Waals surface area contributed by atoms with Crippen LogP contribution in [0.15, 0.2) is 18.2 Å². The molecule has 19 heavy (non-hydrogen) atoms. The highest BCUT2D eigenvalue weighted by molar-refractivity contribution is 5.48. The van der Waals surface area contributed by atoms with E-state index in [4.69, 9.17) is 0 Å². The van der Waals surface area contributed by atoms with Gasteiger partial charge in [-0.2, -0.15) is 0 Å². The predicted molar refractivity (Wildman–Crippen MR) is 76.0 cm³/mol. The lowest BCUT2D eigenvalue weighted by atomic mass is 10.1. The van der Waals surface area contributed by atoms with E-state index < -0.39 is 6.10 Å². The maximum Gasteiger partial charge on any atom is 0.146 e. The van der Waals surface area contributed by atoms with E-state index in [0.29, 0.717) is 11.3 Å². The van der Waals surface area contributed by atoms with Crippen molar-refractivity contribution in [2.45, 2.75) is 25.9 Å². The SMILES string of the molecule is CC(O)c1ccc(N(C)CCN2CCCC2)c(F)c1. The topological polar surface area (TPSA) is 26.7 Å². The molecule has 1 N–H and O–H groups in total. The monoisotopic (exact) mass is 266 g/mol. The van der Waals surface area contributed by atoms with Gasteiger partial charge in [-0.1, -0.05) is 6.07 Å². The Bertz CT molecular complexity index is 417. The van der Waals surface area contributed by atoms with E-state index in [1.807, 2.05) is 11.9 Å². The molecule has 1 heterocycles. The molecule has 1 aromatic rings. The van der Waals surface area contributed by atoms with Crippen LogP contribution in [-0.2, 0) is 0 Å². The van der Waals surface area contributed by atoms with Gasteiger partial charge >= 0.3 is 0 Å². The Balaban J connectivity index is 1.96. The summed E-state index contributed by atoms with van der Waals surface area (Å²) in [6.07, 6.45) is 1.93. The minimum Gasteiger partial charge on any atom is -0.389 e. The number of aliphatic hydroxyl groups is 1. The van der Waals surface area contributed by atoms with Gasteiger partial charge in [0.05, 0.1) is 11.8 Å². The number of anilines is 1. The van der Waals surface area contributed by atoms with Crippen LogP contribution in [0, 0.1) is 5.82 Å². The molecule has 0 saturated carbocycles. The minimum absolute atomic E-state index is 0.262. The van der Waals surface area contributed by atoms with E-state index in [-0.39, 0.29) is 5.82 Å². The number of hydrogen-bond acceptors (Lipinski definition) is 3. The third-order valence-corrected chi connectivity index (χ3v) is 3.82. The number of rotatable bonds is 5. The van der Waals surface area contributed by atoms with Crippen LogP contribution in [-0.4, -0.2) is 43.2 Å². The molecule has 0 spiro atoms.